The first-order valence-corrected chi connectivity index (χ1v) is 8.03. The van der Waals surface area contributed by atoms with Crippen molar-refractivity contribution in [1.82, 2.24) is 19.6 Å². The molecule has 0 saturated carbocycles. The van der Waals surface area contributed by atoms with Crippen LogP contribution in [-0.4, -0.2) is 33.7 Å². The molecule has 130 valence electrons. The molecule has 0 radical (unpaired) electrons. The Hall–Kier alpha value is -3.09. The normalized spacial score (nSPS) is 11.6. The second kappa shape index (κ2) is 7.65. The smallest absolute Gasteiger partial charge is 0.146 e. The number of hydrogen-bond acceptors (Lipinski definition) is 5. The van der Waals surface area contributed by atoms with Crippen molar-refractivity contribution in [1.29, 1.82) is 0 Å². The third-order valence-electron chi connectivity index (χ3n) is 3.84. The number of hydrogen-bond donors (Lipinski definition) is 1. The summed E-state index contributed by atoms with van der Waals surface area (Å²) < 4.78 is 8.83. The monoisotopic (exact) mass is 338 g/mol. The molecule has 0 saturated heterocycles. The Balaban J connectivity index is 1.74. The maximum atomic E-state index is 5.18. The van der Waals surface area contributed by atoms with Gasteiger partial charge in [0.1, 0.15) is 17.1 Å². The SMILES string of the molecule is CN=c1ccc(NCc2ccc(OC)cc2)nn1Cc1cnn(C)c1. The summed E-state index contributed by atoms with van der Waals surface area (Å²) in [5.74, 6) is 1.65. The summed E-state index contributed by atoms with van der Waals surface area (Å²) in [6, 6.07) is 11.9. The summed E-state index contributed by atoms with van der Waals surface area (Å²) in [6.07, 6.45) is 3.82. The van der Waals surface area contributed by atoms with Gasteiger partial charge in [0.25, 0.3) is 0 Å². The van der Waals surface area contributed by atoms with Gasteiger partial charge in [-0.05, 0) is 29.8 Å². The van der Waals surface area contributed by atoms with E-state index in [0.29, 0.717) is 13.1 Å². The van der Waals surface area contributed by atoms with Crippen LogP contribution >= 0.6 is 0 Å². The molecule has 1 N–H and O–H groups in total. The van der Waals surface area contributed by atoms with E-state index in [4.69, 9.17) is 4.74 Å². The zero-order valence-corrected chi connectivity index (χ0v) is 14.7. The van der Waals surface area contributed by atoms with Crippen molar-refractivity contribution in [3.8, 4) is 5.75 Å². The summed E-state index contributed by atoms with van der Waals surface area (Å²) in [7, 11) is 5.33. The Labute approximate surface area is 146 Å². The standard InChI is InChI=1S/C18H22N6O/c1-19-18-9-8-17(20-10-14-4-6-16(25-3)7-5-14)22-24(18)13-15-11-21-23(2)12-15/h4-9,11-12H,10,13H2,1-3H3,(H,20,22). The zero-order chi connectivity index (χ0) is 17.6. The lowest BCUT2D eigenvalue weighted by Gasteiger charge is -2.10. The van der Waals surface area contributed by atoms with E-state index in [1.807, 2.05) is 60.5 Å². The summed E-state index contributed by atoms with van der Waals surface area (Å²) in [6.45, 7) is 1.31. The summed E-state index contributed by atoms with van der Waals surface area (Å²) in [4.78, 5) is 4.28. The molecule has 0 aliphatic rings. The molecule has 2 aromatic heterocycles. The number of rotatable bonds is 6. The summed E-state index contributed by atoms with van der Waals surface area (Å²) in [5.41, 5.74) is 3.06. The fraction of sp³-hybridized carbons (Fsp3) is 0.278. The molecule has 7 nitrogen and oxygen atoms in total. The predicted octanol–water partition coefficient (Wildman–Crippen LogP) is 1.82. The Kier molecular flexibility index (Phi) is 5.13. The van der Waals surface area contributed by atoms with E-state index in [-0.39, 0.29) is 0 Å². The van der Waals surface area contributed by atoms with Gasteiger partial charge in [-0.15, -0.1) is 0 Å². The highest BCUT2D eigenvalue weighted by atomic mass is 16.5. The fourth-order valence-electron chi connectivity index (χ4n) is 2.52. The van der Waals surface area contributed by atoms with Crippen LogP contribution in [0.3, 0.4) is 0 Å². The van der Waals surface area contributed by atoms with Gasteiger partial charge in [0, 0.05) is 32.4 Å². The van der Waals surface area contributed by atoms with Crippen LogP contribution in [0.5, 0.6) is 5.75 Å². The number of methoxy groups -OCH3 is 1. The second-order valence-electron chi connectivity index (χ2n) is 5.68. The van der Waals surface area contributed by atoms with Gasteiger partial charge in [0.2, 0.25) is 0 Å². The summed E-state index contributed by atoms with van der Waals surface area (Å²) >= 11 is 0. The molecule has 0 spiro atoms. The number of benzene rings is 1. The molecule has 0 aliphatic heterocycles. The number of aromatic nitrogens is 4. The number of aryl methyl sites for hydroxylation is 1. The molecule has 2 heterocycles. The lowest BCUT2D eigenvalue weighted by molar-refractivity contribution is 0.414. The van der Waals surface area contributed by atoms with Crippen LogP contribution in [0.4, 0.5) is 5.82 Å². The van der Waals surface area contributed by atoms with Gasteiger partial charge in [0.05, 0.1) is 19.9 Å². The maximum absolute atomic E-state index is 5.18. The average molecular weight is 338 g/mol. The minimum Gasteiger partial charge on any atom is -0.497 e. The van der Waals surface area contributed by atoms with Gasteiger partial charge in [-0.2, -0.15) is 10.2 Å². The van der Waals surface area contributed by atoms with Crippen LogP contribution in [0.15, 0.2) is 53.8 Å². The number of nitrogens with one attached hydrogen (secondary N) is 1. The molecular weight excluding hydrogens is 316 g/mol. The van der Waals surface area contributed by atoms with Crippen molar-refractivity contribution < 1.29 is 4.74 Å². The van der Waals surface area contributed by atoms with E-state index in [1.54, 1.807) is 18.8 Å². The van der Waals surface area contributed by atoms with Gasteiger partial charge in [0.15, 0.2) is 0 Å². The lowest BCUT2D eigenvalue weighted by Crippen LogP contribution is -2.24. The minimum absolute atomic E-state index is 0.624. The van der Waals surface area contributed by atoms with Crippen molar-refractivity contribution in [3.63, 3.8) is 0 Å². The molecule has 25 heavy (non-hydrogen) atoms. The number of anilines is 1. The van der Waals surface area contributed by atoms with E-state index in [2.05, 4.69) is 20.5 Å². The first-order valence-electron chi connectivity index (χ1n) is 8.03. The van der Waals surface area contributed by atoms with Crippen molar-refractivity contribution in [2.75, 3.05) is 19.5 Å². The van der Waals surface area contributed by atoms with E-state index in [0.717, 1.165) is 28.2 Å². The molecule has 0 amide bonds. The third-order valence-corrected chi connectivity index (χ3v) is 3.84. The molecule has 7 heteroatoms. The first kappa shape index (κ1) is 16.8. The molecule has 0 aliphatic carbocycles. The Morgan fingerprint density at radius 2 is 1.92 bits per heavy atom. The second-order valence-corrected chi connectivity index (χ2v) is 5.68. The molecular formula is C18H22N6O. The number of ether oxygens (including phenoxy) is 1. The molecule has 0 atom stereocenters. The van der Waals surface area contributed by atoms with Crippen LogP contribution in [-0.2, 0) is 20.1 Å². The van der Waals surface area contributed by atoms with Gasteiger partial charge >= 0.3 is 0 Å². The number of nitrogens with zero attached hydrogens (tertiary/aromatic N) is 5. The predicted molar refractivity (Wildman–Crippen MR) is 96.3 cm³/mol. The van der Waals surface area contributed by atoms with Crippen LogP contribution < -0.4 is 15.5 Å². The Morgan fingerprint density at radius 3 is 2.56 bits per heavy atom. The van der Waals surface area contributed by atoms with Gasteiger partial charge in [-0.1, -0.05) is 12.1 Å². The molecule has 1 aromatic carbocycles. The topological polar surface area (TPSA) is 69.3 Å². The zero-order valence-electron chi connectivity index (χ0n) is 14.7. The summed E-state index contributed by atoms with van der Waals surface area (Å²) in [5, 5.41) is 12.2. The average Bonchev–Trinajstić information content (AvgIpc) is 3.05. The largest absolute Gasteiger partial charge is 0.497 e. The maximum Gasteiger partial charge on any atom is 0.146 e. The van der Waals surface area contributed by atoms with Crippen molar-refractivity contribution >= 4 is 5.82 Å². The highest BCUT2D eigenvalue weighted by Crippen LogP contribution is 2.12. The third kappa shape index (κ3) is 4.26. The van der Waals surface area contributed by atoms with E-state index >= 15 is 0 Å². The van der Waals surface area contributed by atoms with Gasteiger partial charge < -0.3 is 10.1 Å². The van der Waals surface area contributed by atoms with E-state index < -0.39 is 0 Å². The van der Waals surface area contributed by atoms with Crippen LogP contribution in [0.25, 0.3) is 0 Å². The Morgan fingerprint density at radius 1 is 1.12 bits per heavy atom. The highest BCUT2D eigenvalue weighted by Gasteiger charge is 2.03. The van der Waals surface area contributed by atoms with Gasteiger partial charge in [-0.3, -0.25) is 9.67 Å². The van der Waals surface area contributed by atoms with Crippen LogP contribution in [0.2, 0.25) is 0 Å². The quantitative estimate of drug-likeness (QED) is 0.744. The first-order chi connectivity index (χ1) is 12.2. The molecule has 0 fully saturated rings. The Bertz CT molecular complexity index is 894. The molecule has 0 unspecified atom stereocenters. The van der Waals surface area contributed by atoms with Crippen LogP contribution in [0.1, 0.15) is 11.1 Å². The lowest BCUT2D eigenvalue weighted by atomic mass is 10.2. The fourth-order valence-corrected chi connectivity index (χ4v) is 2.52. The van der Waals surface area contributed by atoms with Crippen molar-refractivity contribution in [2.45, 2.75) is 13.1 Å². The highest BCUT2D eigenvalue weighted by molar-refractivity contribution is 5.35. The van der Waals surface area contributed by atoms with E-state index in [1.165, 1.54) is 0 Å². The molecule has 3 aromatic rings. The van der Waals surface area contributed by atoms with E-state index in [9.17, 15) is 0 Å². The van der Waals surface area contributed by atoms with Crippen molar-refractivity contribution in [2.24, 2.45) is 12.0 Å². The molecule has 0 bridgehead atoms. The van der Waals surface area contributed by atoms with Gasteiger partial charge in [-0.25, -0.2) is 4.68 Å². The molecule has 3 rings (SSSR count). The minimum atomic E-state index is 0.624. The van der Waals surface area contributed by atoms with Crippen LogP contribution in [0, 0.1) is 0 Å². The van der Waals surface area contributed by atoms with Crippen molar-refractivity contribution in [3.05, 3.63) is 65.4 Å².